The van der Waals surface area contributed by atoms with Gasteiger partial charge in [0.15, 0.2) is 5.69 Å². The Morgan fingerprint density at radius 1 is 1.70 bits per heavy atom. The number of aromatic nitrogens is 1. The molecule has 1 aromatic rings. The second-order valence-corrected chi connectivity index (χ2v) is 2.77. The summed E-state index contributed by atoms with van der Waals surface area (Å²) in [5.41, 5.74) is 0.313. The van der Waals surface area contributed by atoms with Gasteiger partial charge >= 0.3 is 0 Å². The Kier molecular flexibility index (Phi) is 2.25. The third-order valence-electron chi connectivity index (χ3n) is 0.948. The molecule has 0 N–H and O–H groups in total. The molecule has 0 unspecified atom stereocenters. The summed E-state index contributed by atoms with van der Waals surface area (Å²) in [5, 5.41) is 8.95. The largest absolute Gasteiger partial charge is 0.244 e. The quantitative estimate of drug-likeness (QED) is 0.669. The van der Waals surface area contributed by atoms with Gasteiger partial charge in [-0.3, -0.25) is 0 Å². The van der Waals surface area contributed by atoms with E-state index in [9.17, 15) is 0 Å². The van der Waals surface area contributed by atoms with Gasteiger partial charge in [0.25, 0.3) is 0 Å². The molecular formula is C6H2BrClN2. The molecule has 0 saturated heterocycles. The maximum absolute atomic E-state index is 8.44. The molecule has 1 aromatic heterocycles. The minimum Gasteiger partial charge on any atom is -0.244 e. The standard InChI is InChI=1S/C6H2BrClN2/c7-6-4(8)1-2-10-5(6)3-9/h1-2H. The van der Waals surface area contributed by atoms with Crippen molar-refractivity contribution in [1.29, 1.82) is 5.26 Å². The van der Waals surface area contributed by atoms with Crippen LogP contribution in [0.15, 0.2) is 16.7 Å². The molecule has 0 aliphatic rings. The first-order valence-electron chi connectivity index (χ1n) is 2.46. The fourth-order valence-corrected chi connectivity index (χ4v) is 0.967. The summed E-state index contributed by atoms with van der Waals surface area (Å²) in [7, 11) is 0. The summed E-state index contributed by atoms with van der Waals surface area (Å²) in [6.07, 6.45) is 1.49. The van der Waals surface area contributed by atoms with E-state index in [4.69, 9.17) is 16.9 Å². The summed E-state index contributed by atoms with van der Waals surface area (Å²) in [6.45, 7) is 0. The lowest BCUT2D eigenvalue weighted by atomic mass is 10.4. The summed E-state index contributed by atoms with van der Waals surface area (Å²) < 4.78 is 0.555. The Hall–Kier alpha value is -0.590. The van der Waals surface area contributed by atoms with Crippen LogP contribution in [0, 0.1) is 11.3 Å². The number of hydrogen-bond donors (Lipinski definition) is 0. The maximum atomic E-state index is 8.44. The molecular weight excluding hydrogens is 215 g/mol. The maximum Gasteiger partial charge on any atom is 0.156 e. The van der Waals surface area contributed by atoms with Crippen LogP contribution in [-0.4, -0.2) is 4.98 Å². The van der Waals surface area contributed by atoms with Gasteiger partial charge < -0.3 is 0 Å². The van der Waals surface area contributed by atoms with Gasteiger partial charge in [-0.1, -0.05) is 11.6 Å². The third kappa shape index (κ3) is 1.28. The zero-order chi connectivity index (χ0) is 7.56. The molecule has 0 aliphatic heterocycles. The first kappa shape index (κ1) is 7.52. The van der Waals surface area contributed by atoms with Gasteiger partial charge in [0, 0.05) is 6.20 Å². The number of nitriles is 1. The van der Waals surface area contributed by atoms with Gasteiger partial charge in [0.1, 0.15) is 6.07 Å². The Morgan fingerprint density at radius 3 is 2.90 bits per heavy atom. The summed E-state index contributed by atoms with van der Waals surface area (Å²) in [6, 6.07) is 3.51. The number of nitrogens with zero attached hydrogens (tertiary/aromatic N) is 2. The van der Waals surface area contributed by atoms with E-state index in [1.54, 1.807) is 6.07 Å². The summed E-state index contributed by atoms with van der Waals surface area (Å²) in [4.78, 5) is 3.77. The van der Waals surface area contributed by atoms with Crippen LogP contribution < -0.4 is 0 Å². The van der Waals surface area contributed by atoms with E-state index in [1.165, 1.54) is 6.20 Å². The van der Waals surface area contributed by atoms with Crippen molar-refractivity contribution >= 4 is 27.5 Å². The van der Waals surface area contributed by atoms with Crippen molar-refractivity contribution in [3.05, 3.63) is 27.5 Å². The highest BCUT2D eigenvalue weighted by atomic mass is 79.9. The molecule has 0 bridgehead atoms. The summed E-state index contributed by atoms with van der Waals surface area (Å²) in [5.74, 6) is 0. The molecule has 0 aromatic carbocycles. The second kappa shape index (κ2) is 3.00. The van der Waals surface area contributed by atoms with E-state index >= 15 is 0 Å². The minimum atomic E-state index is 0.313. The highest BCUT2D eigenvalue weighted by Gasteiger charge is 2.02. The van der Waals surface area contributed by atoms with E-state index in [1.807, 2.05) is 6.07 Å². The lowest BCUT2D eigenvalue weighted by molar-refractivity contribution is 1.24. The number of hydrogen-bond acceptors (Lipinski definition) is 2. The molecule has 4 heteroatoms. The van der Waals surface area contributed by atoms with Crippen molar-refractivity contribution in [3.8, 4) is 6.07 Å². The predicted octanol–water partition coefficient (Wildman–Crippen LogP) is 2.37. The Labute approximate surface area is 71.6 Å². The van der Waals surface area contributed by atoms with Crippen molar-refractivity contribution in [3.63, 3.8) is 0 Å². The van der Waals surface area contributed by atoms with Gasteiger partial charge in [-0.05, 0) is 22.0 Å². The van der Waals surface area contributed by atoms with E-state index in [-0.39, 0.29) is 0 Å². The van der Waals surface area contributed by atoms with Gasteiger partial charge in [0.2, 0.25) is 0 Å². The molecule has 0 saturated carbocycles. The fourth-order valence-electron chi connectivity index (χ4n) is 0.498. The molecule has 50 valence electrons. The van der Waals surface area contributed by atoms with Crippen LogP contribution >= 0.6 is 27.5 Å². The van der Waals surface area contributed by atoms with Crippen LogP contribution in [0.2, 0.25) is 5.02 Å². The lowest BCUT2D eigenvalue weighted by Crippen LogP contribution is -1.82. The van der Waals surface area contributed by atoms with Gasteiger partial charge in [0.05, 0.1) is 9.50 Å². The minimum absolute atomic E-state index is 0.313. The van der Waals surface area contributed by atoms with Gasteiger partial charge in [-0.2, -0.15) is 5.26 Å². The van der Waals surface area contributed by atoms with E-state index in [2.05, 4.69) is 20.9 Å². The number of rotatable bonds is 0. The zero-order valence-corrected chi connectivity index (χ0v) is 7.15. The molecule has 1 heterocycles. The van der Waals surface area contributed by atoms with Gasteiger partial charge in [-0.15, -0.1) is 0 Å². The fraction of sp³-hybridized carbons (Fsp3) is 0. The Bertz CT molecular complexity index is 292. The SMILES string of the molecule is N#Cc1nccc(Cl)c1Br. The smallest absolute Gasteiger partial charge is 0.156 e. The molecule has 10 heavy (non-hydrogen) atoms. The van der Waals surface area contributed by atoms with E-state index < -0.39 is 0 Å². The highest BCUT2D eigenvalue weighted by Crippen LogP contribution is 2.23. The van der Waals surface area contributed by atoms with Crippen LogP contribution in [0.1, 0.15) is 5.69 Å². The average molecular weight is 217 g/mol. The zero-order valence-electron chi connectivity index (χ0n) is 4.81. The first-order valence-corrected chi connectivity index (χ1v) is 3.63. The van der Waals surface area contributed by atoms with Crippen molar-refractivity contribution in [2.24, 2.45) is 0 Å². The highest BCUT2D eigenvalue weighted by molar-refractivity contribution is 9.10. The van der Waals surface area contributed by atoms with Crippen molar-refractivity contribution < 1.29 is 0 Å². The number of halogens is 2. The summed E-state index contributed by atoms with van der Waals surface area (Å²) >= 11 is 8.78. The molecule has 1 rings (SSSR count). The number of pyridine rings is 1. The van der Waals surface area contributed by atoms with Crippen molar-refractivity contribution in [2.45, 2.75) is 0 Å². The molecule has 2 nitrogen and oxygen atoms in total. The van der Waals surface area contributed by atoms with Crippen molar-refractivity contribution in [2.75, 3.05) is 0 Å². The normalized spacial score (nSPS) is 8.90. The molecule has 0 aliphatic carbocycles. The Morgan fingerprint density at radius 2 is 2.40 bits per heavy atom. The molecule has 0 amide bonds. The lowest BCUT2D eigenvalue weighted by Gasteiger charge is -1.93. The average Bonchev–Trinajstić information content (AvgIpc) is 1.95. The van der Waals surface area contributed by atoms with E-state index in [0.29, 0.717) is 15.2 Å². The van der Waals surface area contributed by atoms with Crippen LogP contribution in [0.4, 0.5) is 0 Å². The predicted molar refractivity (Wildman–Crippen MR) is 41.7 cm³/mol. The molecule has 0 atom stereocenters. The topological polar surface area (TPSA) is 36.7 Å². The molecule has 0 spiro atoms. The van der Waals surface area contributed by atoms with E-state index in [0.717, 1.165) is 0 Å². The van der Waals surface area contributed by atoms with Crippen LogP contribution in [-0.2, 0) is 0 Å². The third-order valence-corrected chi connectivity index (χ3v) is 2.29. The van der Waals surface area contributed by atoms with Crippen LogP contribution in [0.3, 0.4) is 0 Å². The second-order valence-electron chi connectivity index (χ2n) is 1.57. The van der Waals surface area contributed by atoms with Crippen molar-refractivity contribution in [1.82, 2.24) is 4.98 Å². The van der Waals surface area contributed by atoms with Crippen LogP contribution in [0.5, 0.6) is 0 Å². The monoisotopic (exact) mass is 216 g/mol. The Balaban J connectivity index is 3.31. The van der Waals surface area contributed by atoms with Crippen LogP contribution in [0.25, 0.3) is 0 Å². The van der Waals surface area contributed by atoms with Gasteiger partial charge in [-0.25, -0.2) is 4.98 Å². The first-order chi connectivity index (χ1) is 4.75. The molecule has 0 radical (unpaired) electrons. The molecule has 0 fully saturated rings.